The molecule has 0 fully saturated rings. The molecule has 0 saturated carbocycles. The zero-order valence-corrected chi connectivity index (χ0v) is 18.0. The number of aromatic nitrogens is 3. The van der Waals surface area contributed by atoms with E-state index in [1.807, 2.05) is 18.2 Å². The van der Waals surface area contributed by atoms with E-state index in [0.717, 1.165) is 42.5 Å². The third kappa shape index (κ3) is 3.95. The van der Waals surface area contributed by atoms with Gasteiger partial charge in [0.15, 0.2) is 17.1 Å². The van der Waals surface area contributed by atoms with E-state index < -0.39 is 0 Å². The van der Waals surface area contributed by atoms with Gasteiger partial charge in [-0.1, -0.05) is 44.6 Å². The molecule has 6 heteroatoms. The molecule has 0 unspecified atom stereocenters. The maximum atomic E-state index is 12.6. The van der Waals surface area contributed by atoms with Gasteiger partial charge in [-0.3, -0.25) is 15.0 Å². The second-order valence-corrected chi connectivity index (χ2v) is 8.09. The second kappa shape index (κ2) is 9.37. The number of rotatable bonds is 3. The first kappa shape index (κ1) is 20.5. The Hall–Kier alpha value is -2.76. The number of hydrogen-bond donors (Lipinski definition) is 2. The number of hydrogen-bond acceptors (Lipinski definition) is 4. The zero-order valence-electron chi connectivity index (χ0n) is 18.0. The molecule has 1 aliphatic carbocycles. The molecule has 0 atom stereocenters. The number of aromatic amines is 2. The number of benzene rings is 1. The Balaban J connectivity index is 1.94. The van der Waals surface area contributed by atoms with Crippen molar-refractivity contribution in [3.05, 3.63) is 39.7 Å². The number of H-pyrrole nitrogens is 2. The third-order valence-corrected chi connectivity index (χ3v) is 6.20. The quantitative estimate of drug-likeness (QED) is 0.626. The topological polar surface area (TPSA) is 80.0 Å². The Morgan fingerprint density at radius 3 is 2.17 bits per heavy atom. The molecule has 0 radical (unpaired) electrons. The van der Waals surface area contributed by atoms with Crippen molar-refractivity contribution >= 4 is 11.0 Å². The Labute approximate surface area is 177 Å². The van der Waals surface area contributed by atoms with Crippen molar-refractivity contribution in [1.82, 2.24) is 15.2 Å². The van der Waals surface area contributed by atoms with Gasteiger partial charge in [0, 0.05) is 5.56 Å². The second-order valence-electron chi connectivity index (χ2n) is 8.09. The average molecular weight is 410 g/mol. The summed E-state index contributed by atoms with van der Waals surface area (Å²) < 4.78 is 11.3. The molecule has 0 bridgehead atoms. The third-order valence-electron chi connectivity index (χ3n) is 6.20. The fourth-order valence-corrected chi connectivity index (χ4v) is 4.69. The van der Waals surface area contributed by atoms with E-state index in [1.54, 1.807) is 14.2 Å². The van der Waals surface area contributed by atoms with Crippen LogP contribution in [0.5, 0.6) is 11.5 Å². The van der Waals surface area contributed by atoms with E-state index in [1.165, 1.54) is 44.1 Å². The fraction of sp³-hybridized carbons (Fsp3) is 0.500. The molecule has 30 heavy (non-hydrogen) atoms. The number of nitrogens with zero attached hydrogens (tertiary/aromatic N) is 1. The van der Waals surface area contributed by atoms with E-state index in [-0.39, 0.29) is 5.56 Å². The maximum absolute atomic E-state index is 12.6. The number of methoxy groups -OCH3 is 2. The van der Waals surface area contributed by atoms with Gasteiger partial charge in [-0.05, 0) is 48.9 Å². The van der Waals surface area contributed by atoms with Gasteiger partial charge in [0.25, 0.3) is 5.56 Å². The molecular formula is C24H31N3O3. The molecule has 6 nitrogen and oxygen atoms in total. The van der Waals surface area contributed by atoms with Gasteiger partial charge >= 0.3 is 0 Å². The summed E-state index contributed by atoms with van der Waals surface area (Å²) in [5.41, 5.74) is 4.66. The Morgan fingerprint density at radius 1 is 0.833 bits per heavy atom. The highest BCUT2D eigenvalue weighted by molar-refractivity contribution is 5.86. The highest BCUT2D eigenvalue weighted by atomic mass is 16.5. The van der Waals surface area contributed by atoms with E-state index in [9.17, 15) is 4.79 Å². The SMILES string of the molecule is COc1cccc(-c2nc3[nH][nH]c(=O)c3c3c2CCCCCCCCCC3)c1OC. The Morgan fingerprint density at radius 2 is 1.50 bits per heavy atom. The van der Waals surface area contributed by atoms with Crippen LogP contribution in [0.3, 0.4) is 0 Å². The molecule has 2 heterocycles. The van der Waals surface area contributed by atoms with Gasteiger partial charge in [-0.2, -0.15) is 0 Å². The smallest absolute Gasteiger partial charge is 0.273 e. The van der Waals surface area contributed by atoms with Crippen LogP contribution in [0.2, 0.25) is 0 Å². The lowest BCUT2D eigenvalue weighted by atomic mass is 9.90. The highest BCUT2D eigenvalue weighted by Crippen LogP contribution is 2.40. The number of aryl methyl sites for hydroxylation is 1. The fourth-order valence-electron chi connectivity index (χ4n) is 4.69. The number of nitrogens with one attached hydrogen (secondary N) is 2. The van der Waals surface area contributed by atoms with Crippen LogP contribution >= 0.6 is 0 Å². The van der Waals surface area contributed by atoms with Crippen molar-refractivity contribution in [2.75, 3.05) is 14.2 Å². The molecule has 0 spiro atoms. The lowest BCUT2D eigenvalue weighted by molar-refractivity contribution is 0.356. The molecule has 2 aromatic heterocycles. The van der Waals surface area contributed by atoms with E-state index in [2.05, 4.69) is 10.2 Å². The molecule has 1 aliphatic rings. The van der Waals surface area contributed by atoms with Crippen LogP contribution in [0.1, 0.15) is 62.5 Å². The Bertz CT molecular complexity index is 1070. The monoisotopic (exact) mass is 409 g/mol. The molecule has 0 aliphatic heterocycles. The first-order valence-electron chi connectivity index (χ1n) is 11.1. The van der Waals surface area contributed by atoms with Crippen LogP contribution in [-0.4, -0.2) is 29.4 Å². The van der Waals surface area contributed by atoms with Gasteiger partial charge < -0.3 is 9.47 Å². The summed E-state index contributed by atoms with van der Waals surface area (Å²) in [4.78, 5) is 17.5. The van der Waals surface area contributed by atoms with Crippen molar-refractivity contribution in [2.45, 2.75) is 64.2 Å². The van der Waals surface area contributed by atoms with Crippen LogP contribution in [-0.2, 0) is 12.8 Å². The molecular weight excluding hydrogens is 378 g/mol. The normalized spacial score (nSPS) is 15.8. The first-order valence-corrected chi connectivity index (χ1v) is 11.1. The average Bonchev–Trinajstić information content (AvgIpc) is 3.13. The lowest BCUT2D eigenvalue weighted by Crippen LogP contribution is -2.08. The number of fused-ring (bicyclic) bond motifs is 3. The summed E-state index contributed by atoms with van der Waals surface area (Å²) in [5.74, 6) is 1.36. The van der Waals surface area contributed by atoms with Crippen LogP contribution in [0.4, 0.5) is 0 Å². The van der Waals surface area contributed by atoms with E-state index in [4.69, 9.17) is 14.5 Å². The molecule has 4 rings (SSSR count). The van der Waals surface area contributed by atoms with Crippen LogP contribution in [0.25, 0.3) is 22.3 Å². The van der Waals surface area contributed by atoms with Crippen molar-refractivity contribution in [2.24, 2.45) is 0 Å². The molecule has 0 amide bonds. The Kier molecular flexibility index (Phi) is 6.41. The first-order chi connectivity index (χ1) is 14.7. The van der Waals surface area contributed by atoms with Crippen molar-refractivity contribution in [3.63, 3.8) is 0 Å². The molecule has 0 saturated heterocycles. The lowest BCUT2D eigenvalue weighted by Gasteiger charge is -2.19. The largest absolute Gasteiger partial charge is 0.493 e. The summed E-state index contributed by atoms with van der Waals surface area (Å²) >= 11 is 0. The van der Waals surface area contributed by atoms with Gasteiger partial charge in [-0.15, -0.1) is 0 Å². The minimum Gasteiger partial charge on any atom is -0.493 e. The highest BCUT2D eigenvalue weighted by Gasteiger charge is 2.22. The van der Waals surface area contributed by atoms with Crippen LogP contribution in [0, 0.1) is 0 Å². The number of para-hydroxylation sites is 1. The van der Waals surface area contributed by atoms with Crippen LogP contribution in [0.15, 0.2) is 23.0 Å². The molecule has 2 N–H and O–H groups in total. The summed E-state index contributed by atoms with van der Waals surface area (Å²) in [6.07, 6.45) is 11.6. The number of ether oxygens (including phenoxy) is 2. The summed E-state index contributed by atoms with van der Waals surface area (Å²) in [5, 5.41) is 6.44. The van der Waals surface area contributed by atoms with E-state index >= 15 is 0 Å². The standard InChI is InChI=1S/C24H31N3O3/c1-29-19-15-11-14-18(22(19)30-2)21-17-13-10-8-6-4-3-5-7-9-12-16(17)20-23(25-21)26-27-24(20)28/h11,14-15H,3-10,12-13H2,1-2H3,(H2,25,26,27,28). The van der Waals surface area contributed by atoms with E-state index in [0.29, 0.717) is 22.5 Å². The minimum atomic E-state index is -0.0787. The summed E-state index contributed by atoms with van der Waals surface area (Å²) in [7, 11) is 3.30. The molecule has 3 aromatic rings. The van der Waals surface area contributed by atoms with Crippen LogP contribution < -0.4 is 15.0 Å². The predicted octanol–water partition coefficient (Wildman–Crippen LogP) is 5.15. The van der Waals surface area contributed by atoms with Gasteiger partial charge in [0.05, 0.1) is 25.3 Å². The maximum Gasteiger partial charge on any atom is 0.273 e. The number of pyridine rings is 1. The summed E-state index contributed by atoms with van der Waals surface area (Å²) in [6.45, 7) is 0. The van der Waals surface area contributed by atoms with Crippen molar-refractivity contribution in [3.8, 4) is 22.8 Å². The predicted molar refractivity (Wildman–Crippen MR) is 120 cm³/mol. The molecule has 160 valence electrons. The molecule has 1 aromatic carbocycles. The minimum absolute atomic E-state index is 0.0787. The van der Waals surface area contributed by atoms with Gasteiger partial charge in [-0.25, -0.2) is 4.98 Å². The van der Waals surface area contributed by atoms with Gasteiger partial charge in [0.1, 0.15) is 0 Å². The zero-order chi connectivity index (χ0) is 20.9. The van der Waals surface area contributed by atoms with Crippen molar-refractivity contribution < 1.29 is 9.47 Å². The summed E-state index contributed by atoms with van der Waals surface area (Å²) in [6, 6.07) is 5.88. The van der Waals surface area contributed by atoms with Gasteiger partial charge in [0.2, 0.25) is 0 Å². The van der Waals surface area contributed by atoms with Crippen molar-refractivity contribution in [1.29, 1.82) is 0 Å².